The number of carbonyl (C=O) groups is 2. The lowest BCUT2D eigenvalue weighted by molar-refractivity contribution is -0.132. The molecule has 13 heteroatoms. The number of aliphatic hydroxyl groups is 1. The predicted octanol–water partition coefficient (Wildman–Crippen LogP) is 6.52. The number of ketones is 1. The van der Waals surface area contributed by atoms with Crippen LogP contribution in [-0.2, 0) is 15.3 Å². The number of anilines is 1. The number of nitrogens with zero attached hydrogens (tertiary/aromatic N) is 5. The van der Waals surface area contributed by atoms with Crippen LogP contribution in [0.5, 0.6) is 11.5 Å². The highest BCUT2D eigenvalue weighted by Gasteiger charge is 2.49. The van der Waals surface area contributed by atoms with Crippen LogP contribution in [0, 0.1) is 12.7 Å². The highest BCUT2D eigenvalue weighted by molar-refractivity contribution is 8.00. The summed E-state index contributed by atoms with van der Waals surface area (Å²) in [6.45, 7) is 7.80. The number of fused-ring (bicyclic) bond motifs is 1. The van der Waals surface area contributed by atoms with Crippen molar-refractivity contribution in [1.82, 2.24) is 19.6 Å². The van der Waals surface area contributed by atoms with Crippen LogP contribution in [0.2, 0.25) is 0 Å². The van der Waals surface area contributed by atoms with Crippen molar-refractivity contribution in [2.45, 2.75) is 30.0 Å². The fourth-order valence-corrected chi connectivity index (χ4v) is 7.07. The summed E-state index contributed by atoms with van der Waals surface area (Å²) in [7, 11) is 0. The lowest BCUT2D eigenvalue weighted by Gasteiger charge is -2.23. The second-order valence-electron chi connectivity index (χ2n) is 10.1. The zero-order chi connectivity index (χ0) is 32.4. The number of thioether (sulfide) groups is 1. The quantitative estimate of drug-likeness (QED) is 0.0423. The minimum atomic E-state index is -1.10. The molecule has 1 N–H and O–H groups in total. The number of amides is 1. The molecule has 3 aromatic heterocycles. The largest absolute Gasteiger partial charge is 0.505 e. The van der Waals surface area contributed by atoms with Crippen molar-refractivity contribution >= 4 is 51.3 Å². The van der Waals surface area contributed by atoms with Crippen molar-refractivity contribution in [3.8, 4) is 11.5 Å². The van der Waals surface area contributed by atoms with E-state index in [4.69, 9.17) is 9.47 Å². The van der Waals surface area contributed by atoms with E-state index in [1.165, 1.54) is 22.7 Å². The molecule has 0 spiro atoms. The minimum Gasteiger partial charge on any atom is -0.505 e. The van der Waals surface area contributed by atoms with Crippen molar-refractivity contribution in [3.05, 3.63) is 113 Å². The standard InChI is InChI=1S/C33H28FN5O5S2/c1-4-16-44-23-14-13-20(17-24(23)43-5-2)28-26(29(40)27-19(3)35-25-12-8-9-15-38(25)27)30(41)31(42)39(28)32-36-37-33(46-32)45-18-21-10-6-7-11-22(21)34/h4,6-15,17,28,40H,1,5,16,18H2,2-3H3. The summed E-state index contributed by atoms with van der Waals surface area (Å²) in [6, 6.07) is 15.8. The number of halogens is 1. The summed E-state index contributed by atoms with van der Waals surface area (Å²) in [5.41, 5.74) is 2.15. The summed E-state index contributed by atoms with van der Waals surface area (Å²) in [4.78, 5) is 33.4. The zero-order valence-corrected chi connectivity index (χ0v) is 26.5. The van der Waals surface area contributed by atoms with Gasteiger partial charge < -0.3 is 14.6 Å². The van der Waals surface area contributed by atoms with E-state index in [2.05, 4.69) is 21.8 Å². The molecule has 0 radical (unpaired) electrons. The van der Waals surface area contributed by atoms with Gasteiger partial charge in [0.2, 0.25) is 5.13 Å². The van der Waals surface area contributed by atoms with Crippen LogP contribution in [0.15, 0.2) is 89.4 Å². The van der Waals surface area contributed by atoms with Gasteiger partial charge in [-0.25, -0.2) is 9.37 Å². The highest BCUT2D eigenvalue weighted by Crippen LogP contribution is 2.46. The molecular weight excluding hydrogens is 630 g/mol. The van der Waals surface area contributed by atoms with Crippen molar-refractivity contribution in [1.29, 1.82) is 0 Å². The van der Waals surface area contributed by atoms with E-state index in [9.17, 15) is 19.1 Å². The molecule has 2 aromatic carbocycles. The third-order valence-electron chi connectivity index (χ3n) is 7.22. The summed E-state index contributed by atoms with van der Waals surface area (Å²) < 4.78 is 28.0. The van der Waals surface area contributed by atoms with E-state index in [1.807, 2.05) is 13.0 Å². The Morgan fingerprint density at radius 2 is 1.91 bits per heavy atom. The summed E-state index contributed by atoms with van der Waals surface area (Å²) >= 11 is 2.35. The highest BCUT2D eigenvalue weighted by atomic mass is 32.2. The van der Waals surface area contributed by atoms with Crippen LogP contribution in [0.1, 0.15) is 35.5 Å². The van der Waals surface area contributed by atoms with Crippen LogP contribution in [0.3, 0.4) is 0 Å². The number of imidazole rings is 1. The molecule has 234 valence electrons. The molecule has 10 nitrogen and oxygen atoms in total. The minimum absolute atomic E-state index is 0.141. The van der Waals surface area contributed by atoms with Gasteiger partial charge in [0.25, 0.3) is 5.78 Å². The topological polar surface area (TPSA) is 119 Å². The van der Waals surface area contributed by atoms with Gasteiger partial charge in [-0.2, -0.15) is 0 Å². The molecule has 46 heavy (non-hydrogen) atoms. The first kappa shape index (κ1) is 31.0. The summed E-state index contributed by atoms with van der Waals surface area (Å²) in [5.74, 6) is -1.37. The number of aryl methyl sites for hydroxylation is 1. The van der Waals surface area contributed by atoms with E-state index in [0.29, 0.717) is 50.7 Å². The number of aliphatic hydroxyl groups excluding tert-OH is 1. The molecule has 1 aliphatic rings. The predicted molar refractivity (Wildman–Crippen MR) is 174 cm³/mol. The number of hydrogen-bond donors (Lipinski definition) is 1. The first-order valence-corrected chi connectivity index (χ1v) is 16.1. The Labute approximate surface area is 271 Å². The average molecular weight is 658 g/mol. The van der Waals surface area contributed by atoms with Crippen molar-refractivity contribution in [2.24, 2.45) is 0 Å². The average Bonchev–Trinajstić information content (AvgIpc) is 3.73. The number of pyridine rings is 1. The van der Waals surface area contributed by atoms with Gasteiger partial charge in [0, 0.05) is 11.9 Å². The number of hydrogen-bond acceptors (Lipinski definition) is 10. The zero-order valence-electron chi connectivity index (χ0n) is 24.8. The van der Waals surface area contributed by atoms with E-state index < -0.39 is 17.7 Å². The Bertz CT molecular complexity index is 2010. The van der Waals surface area contributed by atoms with Crippen LogP contribution < -0.4 is 14.4 Å². The summed E-state index contributed by atoms with van der Waals surface area (Å²) in [6.07, 6.45) is 3.33. The molecule has 0 aliphatic carbocycles. The SMILES string of the molecule is C=CCOc1ccc(C2C(=C(O)c3c(C)nc4ccccn34)C(=O)C(=O)N2c2nnc(SCc3ccccc3F)s2)cc1OCC. The van der Waals surface area contributed by atoms with E-state index in [0.717, 1.165) is 11.3 Å². The Balaban J connectivity index is 1.47. The first-order chi connectivity index (χ1) is 22.3. The molecule has 5 aromatic rings. The fraction of sp³-hybridized carbons (Fsp3) is 0.182. The lowest BCUT2D eigenvalue weighted by Crippen LogP contribution is -2.29. The molecular formula is C33H28FN5O5S2. The van der Waals surface area contributed by atoms with Gasteiger partial charge in [-0.15, -0.1) is 10.2 Å². The molecule has 4 heterocycles. The monoisotopic (exact) mass is 657 g/mol. The van der Waals surface area contributed by atoms with E-state index in [-0.39, 0.29) is 34.6 Å². The van der Waals surface area contributed by atoms with Crippen molar-refractivity contribution in [3.63, 3.8) is 0 Å². The Kier molecular flexibility index (Phi) is 8.86. The molecule has 1 fully saturated rings. The van der Waals surface area contributed by atoms with Crippen molar-refractivity contribution < 1.29 is 28.6 Å². The van der Waals surface area contributed by atoms with Gasteiger partial charge in [-0.3, -0.25) is 18.9 Å². The number of rotatable bonds is 11. The van der Waals surface area contributed by atoms with Gasteiger partial charge in [-0.05, 0) is 55.3 Å². The van der Waals surface area contributed by atoms with Gasteiger partial charge in [0.1, 0.15) is 23.8 Å². The Hall–Kier alpha value is -5.01. The van der Waals surface area contributed by atoms with Crippen LogP contribution >= 0.6 is 23.1 Å². The molecule has 1 saturated heterocycles. The van der Waals surface area contributed by atoms with Crippen LogP contribution in [0.25, 0.3) is 11.4 Å². The maximum atomic E-state index is 14.2. The molecule has 1 amide bonds. The van der Waals surface area contributed by atoms with E-state index in [1.54, 1.807) is 72.1 Å². The third-order valence-corrected chi connectivity index (χ3v) is 9.33. The second kappa shape index (κ2) is 13.2. The number of benzene rings is 2. The maximum absolute atomic E-state index is 14.2. The van der Waals surface area contributed by atoms with Gasteiger partial charge in [0.15, 0.2) is 21.6 Å². The molecule has 1 unspecified atom stereocenters. The first-order valence-electron chi connectivity index (χ1n) is 14.3. The van der Waals surface area contributed by atoms with Crippen LogP contribution in [0.4, 0.5) is 9.52 Å². The van der Waals surface area contributed by atoms with Crippen molar-refractivity contribution in [2.75, 3.05) is 18.1 Å². The molecule has 0 saturated carbocycles. The second-order valence-corrected chi connectivity index (χ2v) is 12.3. The normalized spacial score (nSPS) is 15.9. The van der Waals surface area contributed by atoms with E-state index >= 15 is 0 Å². The number of carbonyl (C=O) groups excluding carboxylic acids is 2. The number of aromatic nitrogens is 4. The molecule has 1 aliphatic heterocycles. The number of Topliss-reactive ketones (excluding diaryl/α,β-unsaturated/α-hetero) is 1. The fourth-order valence-electron chi connectivity index (χ4n) is 5.22. The molecule has 1 atom stereocenters. The van der Waals surface area contributed by atoms with Crippen LogP contribution in [-0.4, -0.2) is 49.6 Å². The number of ether oxygens (including phenoxy) is 2. The molecule has 0 bridgehead atoms. The van der Waals surface area contributed by atoms with Gasteiger partial charge >= 0.3 is 5.91 Å². The Morgan fingerprint density at radius 1 is 1.11 bits per heavy atom. The molecule has 6 rings (SSSR count). The van der Waals surface area contributed by atoms with Gasteiger partial charge in [-0.1, -0.05) is 66.1 Å². The third kappa shape index (κ3) is 5.74. The Morgan fingerprint density at radius 3 is 2.70 bits per heavy atom. The van der Waals surface area contributed by atoms with Gasteiger partial charge in [0.05, 0.1) is 23.9 Å². The maximum Gasteiger partial charge on any atom is 0.301 e. The smallest absolute Gasteiger partial charge is 0.301 e. The lowest BCUT2D eigenvalue weighted by atomic mass is 9.96. The summed E-state index contributed by atoms with van der Waals surface area (Å²) in [5, 5.41) is 20.5.